The van der Waals surface area contributed by atoms with E-state index >= 15 is 0 Å². The van der Waals surface area contributed by atoms with Crippen LogP contribution in [0.3, 0.4) is 0 Å². The summed E-state index contributed by atoms with van der Waals surface area (Å²) in [7, 11) is 1.29. The van der Waals surface area contributed by atoms with E-state index in [1.54, 1.807) is 0 Å². The van der Waals surface area contributed by atoms with E-state index < -0.39 is 58.0 Å². The van der Waals surface area contributed by atoms with Crippen molar-refractivity contribution in [2.45, 2.75) is 81.9 Å². The molecule has 5 fully saturated rings. The highest BCUT2D eigenvalue weighted by Crippen LogP contribution is 2.78. The number of aliphatic hydroxyl groups is 2. The Morgan fingerprint density at radius 3 is 2.53 bits per heavy atom. The lowest BCUT2D eigenvalue weighted by molar-refractivity contribution is -0.182. The van der Waals surface area contributed by atoms with Gasteiger partial charge in [-0.3, -0.25) is 14.4 Å². The molecule has 3 saturated carbocycles. The Balaban J connectivity index is 1.55. The van der Waals surface area contributed by atoms with Crippen LogP contribution in [0.25, 0.3) is 0 Å². The van der Waals surface area contributed by atoms with Crippen molar-refractivity contribution >= 4 is 17.7 Å². The van der Waals surface area contributed by atoms with Crippen molar-refractivity contribution in [2.24, 2.45) is 28.6 Å². The maximum atomic E-state index is 13.1. The second kappa shape index (κ2) is 6.02. The largest absolute Gasteiger partial charge is 0.469 e. The predicted octanol–water partition coefficient (Wildman–Crippen LogP) is 1.07. The number of rotatable bonds is 1. The summed E-state index contributed by atoms with van der Waals surface area (Å²) in [6.07, 6.45) is 1.91. The van der Waals surface area contributed by atoms with Gasteiger partial charge in [-0.15, -0.1) is 0 Å². The van der Waals surface area contributed by atoms with Crippen LogP contribution in [-0.2, 0) is 28.6 Å². The molecule has 2 heterocycles. The molecule has 0 aromatic rings. The molecule has 4 aliphatic carbocycles. The number of esters is 2. The van der Waals surface area contributed by atoms with Gasteiger partial charge in [0.1, 0.15) is 11.2 Å². The molecule has 0 unspecified atom stereocenters. The predicted molar refractivity (Wildman–Crippen MR) is 108 cm³/mol. The second-order valence-electron chi connectivity index (χ2n) is 11.2. The van der Waals surface area contributed by atoms with Crippen LogP contribution in [0.5, 0.6) is 0 Å². The molecule has 0 aromatic heterocycles. The van der Waals surface area contributed by atoms with Crippen molar-refractivity contribution < 1.29 is 38.8 Å². The van der Waals surface area contributed by atoms with Gasteiger partial charge >= 0.3 is 11.9 Å². The molecule has 6 aliphatic rings. The molecular formula is C24H30O8. The van der Waals surface area contributed by atoms with Crippen LogP contribution in [0.1, 0.15) is 52.4 Å². The Labute approximate surface area is 186 Å². The molecule has 8 nitrogen and oxygen atoms in total. The maximum absolute atomic E-state index is 13.1. The number of ketones is 1. The third kappa shape index (κ3) is 2.08. The molecule has 2 saturated heterocycles. The van der Waals surface area contributed by atoms with Crippen molar-refractivity contribution in [2.75, 3.05) is 7.11 Å². The smallest absolute Gasteiger partial charge is 0.312 e. The van der Waals surface area contributed by atoms with Crippen LogP contribution >= 0.6 is 0 Å². The molecule has 2 aliphatic heterocycles. The number of epoxide rings is 1. The molecule has 10 atom stereocenters. The molecule has 0 aromatic carbocycles. The van der Waals surface area contributed by atoms with Gasteiger partial charge in [-0.2, -0.15) is 0 Å². The summed E-state index contributed by atoms with van der Waals surface area (Å²) >= 11 is 0. The van der Waals surface area contributed by atoms with E-state index in [4.69, 9.17) is 14.2 Å². The first-order chi connectivity index (χ1) is 15.0. The van der Waals surface area contributed by atoms with Crippen molar-refractivity contribution in [3.63, 3.8) is 0 Å². The summed E-state index contributed by atoms with van der Waals surface area (Å²) < 4.78 is 17.5. The Hall–Kier alpha value is -1.77. The van der Waals surface area contributed by atoms with Crippen molar-refractivity contribution in [3.8, 4) is 0 Å². The molecule has 0 amide bonds. The minimum absolute atomic E-state index is 0.0643. The number of fused-ring (bicyclic) bond motifs is 4. The van der Waals surface area contributed by atoms with E-state index in [1.165, 1.54) is 13.2 Å². The number of ether oxygens (including phenoxy) is 3. The number of carbonyl (C=O) groups is 3. The third-order valence-electron chi connectivity index (χ3n) is 10.2. The Morgan fingerprint density at radius 1 is 1.12 bits per heavy atom. The first kappa shape index (κ1) is 20.8. The van der Waals surface area contributed by atoms with E-state index in [-0.39, 0.29) is 17.9 Å². The zero-order chi connectivity index (χ0) is 22.8. The molecule has 32 heavy (non-hydrogen) atoms. The highest BCUT2D eigenvalue weighted by atomic mass is 16.6. The number of carbonyl (C=O) groups excluding carboxylic acids is 3. The Kier molecular flexibility index (Phi) is 3.91. The van der Waals surface area contributed by atoms with Gasteiger partial charge in [0.15, 0.2) is 5.78 Å². The fourth-order valence-corrected chi connectivity index (χ4v) is 8.79. The molecule has 6 rings (SSSR count). The van der Waals surface area contributed by atoms with Crippen LogP contribution < -0.4 is 0 Å². The minimum Gasteiger partial charge on any atom is -0.469 e. The SMILES string of the molecule is COC(=O)[C@H]1[C@H]2[C@@H]3[C@@H](O)C[C@@]4(CCC(=O)O4)[C@@]3(C)C[C@H]3O[C@@]23[C@@]2(C)CCC(=O)C=C2[C@@H]1O. The van der Waals surface area contributed by atoms with Gasteiger partial charge in [-0.05, 0) is 30.9 Å². The topological polar surface area (TPSA) is 123 Å². The zero-order valence-corrected chi connectivity index (χ0v) is 18.6. The number of aliphatic hydroxyl groups excluding tert-OH is 2. The normalized spacial score (nSPS) is 55.3. The second-order valence-corrected chi connectivity index (χ2v) is 11.2. The summed E-state index contributed by atoms with van der Waals surface area (Å²) in [5.74, 6) is -2.80. The quantitative estimate of drug-likeness (QED) is 0.453. The zero-order valence-electron chi connectivity index (χ0n) is 18.6. The van der Waals surface area contributed by atoms with Gasteiger partial charge in [-0.25, -0.2) is 0 Å². The first-order valence-corrected chi connectivity index (χ1v) is 11.6. The van der Waals surface area contributed by atoms with Crippen LogP contribution in [0.15, 0.2) is 11.6 Å². The van der Waals surface area contributed by atoms with Gasteiger partial charge < -0.3 is 24.4 Å². The van der Waals surface area contributed by atoms with Crippen LogP contribution in [0, 0.1) is 28.6 Å². The van der Waals surface area contributed by atoms with Gasteiger partial charge in [-0.1, -0.05) is 13.8 Å². The van der Waals surface area contributed by atoms with E-state index in [0.717, 1.165) is 0 Å². The summed E-state index contributed by atoms with van der Waals surface area (Å²) in [6.45, 7) is 4.06. The van der Waals surface area contributed by atoms with Crippen molar-refractivity contribution in [3.05, 3.63) is 11.6 Å². The molecule has 2 N–H and O–H groups in total. The third-order valence-corrected chi connectivity index (χ3v) is 10.2. The molecule has 174 valence electrons. The van der Waals surface area contributed by atoms with Gasteiger partial charge in [0.05, 0.1) is 31.3 Å². The van der Waals surface area contributed by atoms with Crippen molar-refractivity contribution in [1.29, 1.82) is 0 Å². The lowest BCUT2D eigenvalue weighted by atomic mass is 9.43. The number of hydrogen-bond donors (Lipinski definition) is 2. The van der Waals surface area contributed by atoms with E-state index in [0.29, 0.717) is 44.1 Å². The van der Waals surface area contributed by atoms with Gasteiger partial charge in [0.2, 0.25) is 0 Å². The molecule has 2 spiro atoms. The van der Waals surface area contributed by atoms with Crippen LogP contribution in [0.2, 0.25) is 0 Å². The molecule has 0 bridgehead atoms. The average molecular weight is 446 g/mol. The summed E-state index contributed by atoms with van der Waals surface area (Å²) in [5, 5.41) is 22.9. The van der Waals surface area contributed by atoms with Gasteiger partial charge in [0.25, 0.3) is 0 Å². The number of hydrogen-bond acceptors (Lipinski definition) is 8. The van der Waals surface area contributed by atoms with E-state index in [9.17, 15) is 24.6 Å². The minimum atomic E-state index is -1.20. The molecule has 0 radical (unpaired) electrons. The summed E-state index contributed by atoms with van der Waals surface area (Å²) in [4.78, 5) is 37.5. The lowest BCUT2D eigenvalue weighted by Crippen LogP contribution is -2.67. The van der Waals surface area contributed by atoms with Crippen LogP contribution in [0.4, 0.5) is 0 Å². The summed E-state index contributed by atoms with van der Waals surface area (Å²) in [5.41, 5.74) is -2.24. The van der Waals surface area contributed by atoms with E-state index in [2.05, 4.69) is 0 Å². The average Bonchev–Trinajstić information content (AvgIpc) is 3.28. The highest BCUT2D eigenvalue weighted by Gasteiger charge is 2.86. The monoisotopic (exact) mass is 446 g/mol. The molecular weight excluding hydrogens is 416 g/mol. The van der Waals surface area contributed by atoms with Crippen LogP contribution in [-0.4, -0.2) is 64.6 Å². The Bertz CT molecular complexity index is 973. The standard InChI is InChI=1S/C24H30O8/c1-21-6-4-11(25)8-12(21)19(28)16(20(29)30-3)18-17-13(26)9-23(7-5-15(27)32-23)22(17,2)10-14-24(18,21)31-14/h8,13-14,16-19,26,28H,4-7,9-10H2,1-3H3/t13-,14+,16-,17-,18-,19-,21-,22-,23-,24+/m0/s1. The number of methoxy groups -OCH3 is 1. The Morgan fingerprint density at radius 2 is 1.88 bits per heavy atom. The van der Waals surface area contributed by atoms with E-state index in [1.807, 2.05) is 13.8 Å². The lowest BCUT2D eigenvalue weighted by Gasteiger charge is -2.59. The fourth-order valence-electron chi connectivity index (χ4n) is 8.79. The highest BCUT2D eigenvalue weighted by molar-refractivity contribution is 5.92. The summed E-state index contributed by atoms with van der Waals surface area (Å²) in [6, 6.07) is 0. The maximum Gasteiger partial charge on any atom is 0.312 e. The van der Waals surface area contributed by atoms with Crippen molar-refractivity contribution in [1.82, 2.24) is 0 Å². The van der Waals surface area contributed by atoms with Gasteiger partial charge in [0, 0.05) is 41.9 Å². The first-order valence-electron chi connectivity index (χ1n) is 11.6. The fraction of sp³-hybridized carbons (Fsp3) is 0.792. The molecule has 8 heteroatoms.